The quantitative estimate of drug-likeness (QED) is 0.814. The van der Waals surface area contributed by atoms with Gasteiger partial charge in [0.1, 0.15) is 0 Å². The highest BCUT2D eigenvalue weighted by Crippen LogP contribution is 2.20. The first-order valence-corrected chi connectivity index (χ1v) is 6.64. The van der Waals surface area contributed by atoms with Crippen molar-refractivity contribution in [1.82, 2.24) is 4.98 Å². The van der Waals surface area contributed by atoms with Gasteiger partial charge in [0.25, 0.3) is 0 Å². The smallest absolute Gasteiger partial charge is 0.306 e. The largest absolute Gasteiger partial charge is 0.469 e. The van der Waals surface area contributed by atoms with Crippen molar-refractivity contribution in [1.29, 1.82) is 0 Å². The highest BCUT2D eigenvalue weighted by molar-refractivity contribution is 7.92. The number of methoxy groups -OCH3 is 1. The number of ether oxygens (including phenoxy) is 1. The Labute approximate surface area is 104 Å². The lowest BCUT2D eigenvalue weighted by molar-refractivity contribution is -0.140. The standard InChI is InChI=1S/C9H11ClN2O4S/c1-16-9(13)3-5-17(14,15)12-8-6-11-4-2-7(8)10/h2,4,6,12H,3,5H2,1H3. The van der Waals surface area contributed by atoms with Gasteiger partial charge in [-0.3, -0.25) is 14.5 Å². The highest BCUT2D eigenvalue weighted by Gasteiger charge is 2.15. The molecule has 0 amide bonds. The molecule has 0 radical (unpaired) electrons. The number of carbonyl (C=O) groups is 1. The number of anilines is 1. The van der Waals surface area contributed by atoms with Crippen molar-refractivity contribution < 1.29 is 17.9 Å². The Hall–Kier alpha value is -1.34. The van der Waals surface area contributed by atoms with Gasteiger partial charge < -0.3 is 4.74 Å². The van der Waals surface area contributed by atoms with Crippen molar-refractivity contribution >= 4 is 33.3 Å². The fraction of sp³-hybridized carbons (Fsp3) is 0.333. The third-order valence-corrected chi connectivity index (χ3v) is 3.44. The van der Waals surface area contributed by atoms with Crippen LogP contribution in [0.15, 0.2) is 18.5 Å². The van der Waals surface area contributed by atoms with E-state index >= 15 is 0 Å². The van der Waals surface area contributed by atoms with Gasteiger partial charge in [0, 0.05) is 6.20 Å². The summed E-state index contributed by atoms with van der Waals surface area (Å²) >= 11 is 5.76. The van der Waals surface area contributed by atoms with E-state index in [2.05, 4.69) is 14.4 Å². The Morgan fingerprint density at radius 1 is 1.59 bits per heavy atom. The first-order chi connectivity index (χ1) is 7.94. The van der Waals surface area contributed by atoms with Crippen LogP contribution in [0.1, 0.15) is 6.42 Å². The zero-order chi connectivity index (χ0) is 12.9. The summed E-state index contributed by atoms with van der Waals surface area (Å²) in [4.78, 5) is 14.6. The number of hydrogen-bond donors (Lipinski definition) is 1. The van der Waals surface area contributed by atoms with E-state index in [9.17, 15) is 13.2 Å². The molecule has 0 spiro atoms. The van der Waals surface area contributed by atoms with Gasteiger partial charge in [-0.1, -0.05) is 11.6 Å². The van der Waals surface area contributed by atoms with Gasteiger partial charge in [0.15, 0.2) is 0 Å². The van der Waals surface area contributed by atoms with Crippen molar-refractivity contribution in [3.63, 3.8) is 0 Å². The number of halogens is 1. The summed E-state index contributed by atoms with van der Waals surface area (Å²) in [6.07, 6.45) is 2.51. The molecule has 0 saturated carbocycles. The van der Waals surface area contributed by atoms with Gasteiger partial charge in [-0.25, -0.2) is 8.42 Å². The summed E-state index contributed by atoms with van der Waals surface area (Å²) in [7, 11) is -2.44. The Bertz CT molecular complexity index is 503. The van der Waals surface area contributed by atoms with E-state index in [1.165, 1.54) is 25.6 Å². The Kier molecular flexibility index (Phi) is 4.71. The second-order valence-corrected chi connectivity index (χ2v) is 5.35. The van der Waals surface area contributed by atoms with Crippen LogP contribution in [0.25, 0.3) is 0 Å². The van der Waals surface area contributed by atoms with Crippen molar-refractivity contribution in [2.24, 2.45) is 0 Å². The molecular formula is C9H11ClN2O4S. The topological polar surface area (TPSA) is 85.4 Å². The third kappa shape index (κ3) is 4.58. The van der Waals surface area contributed by atoms with E-state index in [0.29, 0.717) is 0 Å². The Morgan fingerprint density at radius 2 is 2.29 bits per heavy atom. The zero-order valence-corrected chi connectivity index (χ0v) is 10.6. The van der Waals surface area contributed by atoms with E-state index in [1.807, 2.05) is 0 Å². The molecule has 94 valence electrons. The molecule has 1 N–H and O–H groups in total. The van der Waals surface area contributed by atoms with E-state index in [1.54, 1.807) is 0 Å². The number of sulfonamides is 1. The average molecular weight is 279 g/mol. The van der Waals surface area contributed by atoms with E-state index < -0.39 is 16.0 Å². The maximum atomic E-state index is 11.6. The fourth-order valence-corrected chi connectivity index (χ4v) is 2.23. The molecule has 0 atom stereocenters. The molecular weight excluding hydrogens is 268 g/mol. The molecule has 0 bridgehead atoms. The second-order valence-electron chi connectivity index (χ2n) is 3.10. The van der Waals surface area contributed by atoms with Gasteiger partial charge in [0.05, 0.1) is 36.2 Å². The zero-order valence-electron chi connectivity index (χ0n) is 9.01. The molecule has 1 aromatic heterocycles. The van der Waals surface area contributed by atoms with Crippen LogP contribution in [0, 0.1) is 0 Å². The summed E-state index contributed by atoms with van der Waals surface area (Å²) < 4.78 is 29.7. The van der Waals surface area contributed by atoms with Crippen LogP contribution in [-0.4, -0.2) is 32.2 Å². The van der Waals surface area contributed by atoms with E-state index in [0.717, 1.165) is 0 Å². The minimum absolute atomic E-state index is 0.180. The lowest BCUT2D eigenvalue weighted by atomic mass is 10.4. The summed E-state index contributed by atoms with van der Waals surface area (Å²) in [5, 5.41) is 0.238. The summed E-state index contributed by atoms with van der Waals surface area (Å²) in [6.45, 7) is 0. The molecule has 0 saturated heterocycles. The van der Waals surface area contributed by atoms with E-state index in [-0.39, 0.29) is 22.9 Å². The number of carbonyl (C=O) groups excluding carboxylic acids is 1. The van der Waals surface area contributed by atoms with Crippen LogP contribution in [-0.2, 0) is 19.6 Å². The molecule has 0 aliphatic heterocycles. The van der Waals surface area contributed by atoms with Gasteiger partial charge >= 0.3 is 5.97 Å². The maximum absolute atomic E-state index is 11.6. The molecule has 0 aromatic carbocycles. The molecule has 1 aromatic rings. The molecule has 1 heterocycles. The number of pyridine rings is 1. The number of rotatable bonds is 5. The van der Waals surface area contributed by atoms with Crippen LogP contribution in [0.2, 0.25) is 5.02 Å². The van der Waals surface area contributed by atoms with Gasteiger partial charge in [-0.05, 0) is 6.07 Å². The predicted octanol–water partition coefficient (Wildman–Crippen LogP) is 1.04. The minimum Gasteiger partial charge on any atom is -0.469 e. The second kappa shape index (κ2) is 5.83. The monoisotopic (exact) mass is 278 g/mol. The van der Waals surface area contributed by atoms with Crippen LogP contribution in [0.4, 0.5) is 5.69 Å². The van der Waals surface area contributed by atoms with Crippen molar-refractivity contribution in [2.75, 3.05) is 17.6 Å². The summed E-state index contributed by atoms with van der Waals surface area (Å²) in [5.74, 6) is -0.960. The van der Waals surface area contributed by atoms with Gasteiger partial charge in [0.2, 0.25) is 10.0 Å². The highest BCUT2D eigenvalue weighted by atomic mass is 35.5. The Morgan fingerprint density at radius 3 is 2.88 bits per heavy atom. The molecule has 17 heavy (non-hydrogen) atoms. The van der Waals surface area contributed by atoms with Crippen LogP contribution in [0.5, 0.6) is 0 Å². The number of aromatic nitrogens is 1. The van der Waals surface area contributed by atoms with Crippen LogP contribution < -0.4 is 4.72 Å². The van der Waals surface area contributed by atoms with Crippen molar-refractivity contribution in [3.05, 3.63) is 23.5 Å². The Balaban J connectivity index is 2.67. The third-order valence-electron chi connectivity index (χ3n) is 1.84. The number of nitrogens with one attached hydrogen (secondary N) is 1. The number of nitrogens with zero attached hydrogens (tertiary/aromatic N) is 1. The van der Waals surface area contributed by atoms with Gasteiger partial charge in [-0.15, -0.1) is 0 Å². The average Bonchev–Trinajstić information content (AvgIpc) is 2.29. The fourth-order valence-electron chi connectivity index (χ4n) is 0.991. The SMILES string of the molecule is COC(=O)CCS(=O)(=O)Nc1cnccc1Cl. The molecule has 0 aliphatic carbocycles. The lowest BCUT2D eigenvalue weighted by Crippen LogP contribution is -2.19. The predicted molar refractivity (Wildman–Crippen MR) is 63.3 cm³/mol. The van der Waals surface area contributed by atoms with Gasteiger partial charge in [-0.2, -0.15) is 0 Å². The molecule has 0 aliphatic rings. The minimum atomic E-state index is -3.64. The van der Waals surface area contributed by atoms with Crippen molar-refractivity contribution in [3.8, 4) is 0 Å². The number of hydrogen-bond acceptors (Lipinski definition) is 5. The maximum Gasteiger partial charge on any atom is 0.306 e. The summed E-state index contributed by atoms with van der Waals surface area (Å²) in [6, 6.07) is 1.46. The van der Waals surface area contributed by atoms with Crippen LogP contribution >= 0.6 is 11.6 Å². The molecule has 0 unspecified atom stereocenters. The van der Waals surface area contributed by atoms with E-state index in [4.69, 9.17) is 11.6 Å². The molecule has 6 nitrogen and oxygen atoms in total. The number of esters is 1. The lowest BCUT2D eigenvalue weighted by Gasteiger charge is -2.08. The van der Waals surface area contributed by atoms with Crippen LogP contribution in [0.3, 0.4) is 0 Å². The first kappa shape index (κ1) is 13.7. The normalized spacial score (nSPS) is 10.9. The molecule has 0 fully saturated rings. The molecule has 1 rings (SSSR count). The first-order valence-electron chi connectivity index (χ1n) is 4.61. The summed E-state index contributed by atoms with van der Waals surface area (Å²) in [5.41, 5.74) is 0.180. The van der Waals surface area contributed by atoms with Crippen molar-refractivity contribution in [2.45, 2.75) is 6.42 Å². The molecule has 8 heteroatoms.